The molecule has 0 bridgehead atoms. The zero-order valence-corrected chi connectivity index (χ0v) is 17.0. The Morgan fingerprint density at radius 1 is 1.04 bits per heavy atom. The van der Waals surface area contributed by atoms with Crippen LogP contribution in [-0.4, -0.2) is 17.4 Å². The van der Waals surface area contributed by atoms with Crippen LogP contribution in [0, 0.1) is 13.8 Å². The van der Waals surface area contributed by atoms with Crippen molar-refractivity contribution in [1.82, 2.24) is 4.90 Å². The summed E-state index contributed by atoms with van der Waals surface area (Å²) in [7, 11) is 0. The quantitative estimate of drug-likeness (QED) is 0.640. The molecule has 2 heterocycles. The van der Waals surface area contributed by atoms with Crippen LogP contribution in [0.15, 0.2) is 45.6 Å². The van der Waals surface area contributed by atoms with Crippen molar-refractivity contribution in [2.24, 2.45) is 0 Å². The predicted octanol–water partition coefficient (Wildman–Crippen LogP) is 5.10. The van der Waals surface area contributed by atoms with Gasteiger partial charge >= 0.3 is 0 Å². The van der Waals surface area contributed by atoms with Gasteiger partial charge in [-0.05, 0) is 61.1 Å². The number of nitrogens with zero attached hydrogens (tertiary/aromatic N) is 1. The first-order valence-corrected chi connectivity index (χ1v) is 9.82. The van der Waals surface area contributed by atoms with Gasteiger partial charge in [-0.25, -0.2) is 0 Å². The second-order valence-corrected chi connectivity index (χ2v) is 7.92. The van der Waals surface area contributed by atoms with E-state index in [9.17, 15) is 9.59 Å². The number of carbonyl (C=O) groups excluding carboxylic acids is 1. The van der Waals surface area contributed by atoms with Gasteiger partial charge in [0, 0.05) is 6.54 Å². The molecule has 1 unspecified atom stereocenters. The molecule has 0 spiro atoms. The van der Waals surface area contributed by atoms with Gasteiger partial charge in [-0.2, -0.15) is 0 Å². The third kappa shape index (κ3) is 2.67. The van der Waals surface area contributed by atoms with Crippen LogP contribution in [0.1, 0.15) is 71.1 Å². The summed E-state index contributed by atoms with van der Waals surface area (Å²) >= 11 is 0. The fourth-order valence-corrected chi connectivity index (χ4v) is 4.01. The zero-order valence-electron chi connectivity index (χ0n) is 17.0. The first kappa shape index (κ1) is 18.5. The third-order valence-corrected chi connectivity index (χ3v) is 5.84. The highest BCUT2D eigenvalue weighted by atomic mass is 16.3. The average molecular weight is 375 g/mol. The smallest absolute Gasteiger partial charge is 0.290 e. The Morgan fingerprint density at radius 3 is 2.29 bits per heavy atom. The number of hydrogen-bond acceptors (Lipinski definition) is 3. The van der Waals surface area contributed by atoms with Gasteiger partial charge in [-0.1, -0.05) is 38.1 Å². The summed E-state index contributed by atoms with van der Waals surface area (Å²) < 4.78 is 5.99. The fraction of sp³-hybridized carbons (Fsp3) is 0.333. The number of aryl methyl sites for hydroxylation is 2. The first-order valence-electron chi connectivity index (χ1n) is 9.82. The summed E-state index contributed by atoms with van der Waals surface area (Å²) in [6.07, 6.45) is 0. The molecular formula is C24H25NO3. The Bertz CT molecular complexity index is 1140. The van der Waals surface area contributed by atoms with Crippen molar-refractivity contribution in [3.63, 3.8) is 0 Å². The number of fused-ring (bicyclic) bond motifs is 2. The molecule has 1 aliphatic rings. The van der Waals surface area contributed by atoms with E-state index in [-0.39, 0.29) is 17.1 Å². The second kappa shape index (κ2) is 6.62. The van der Waals surface area contributed by atoms with Gasteiger partial charge in [-0.15, -0.1) is 0 Å². The van der Waals surface area contributed by atoms with E-state index in [1.807, 2.05) is 45.0 Å². The molecule has 0 fully saturated rings. The Labute approximate surface area is 164 Å². The minimum absolute atomic E-state index is 0.110. The van der Waals surface area contributed by atoms with E-state index in [4.69, 9.17) is 4.42 Å². The zero-order chi connectivity index (χ0) is 20.2. The minimum Gasteiger partial charge on any atom is -0.450 e. The molecule has 0 saturated heterocycles. The monoisotopic (exact) mass is 375 g/mol. The topological polar surface area (TPSA) is 50.5 Å². The van der Waals surface area contributed by atoms with E-state index in [2.05, 4.69) is 26.0 Å². The average Bonchev–Trinajstić information content (AvgIpc) is 2.96. The highest BCUT2D eigenvalue weighted by molar-refractivity contribution is 5.99. The highest BCUT2D eigenvalue weighted by Gasteiger charge is 2.41. The maximum Gasteiger partial charge on any atom is 0.290 e. The molecule has 2 aromatic carbocycles. The van der Waals surface area contributed by atoms with Crippen molar-refractivity contribution >= 4 is 16.9 Å². The molecular weight excluding hydrogens is 350 g/mol. The predicted molar refractivity (Wildman–Crippen MR) is 111 cm³/mol. The SMILES string of the molecule is CCN1C(=O)c2oc3cc(C)c(C)cc3c(=O)c2C1c1ccc(C(C)C)cc1. The largest absolute Gasteiger partial charge is 0.450 e. The van der Waals surface area contributed by atoms with Crippen molar-refractivity contribution in [3.05, 3.63) is 80.2 Å². The van der Waals surface area contributed by atoms with E-state index in [0.717, 1.165) is 16.7 Å². The van der Waals surface area contributed by atoms with Crippen molar-refractivity contribution in [2.75, 3.05) is 6.54 Å². The molecule has 0 saturated carbocycles. The van der Waals surface area contributed by atoms with Gasteiger partial charge in [0.1, 0.15) is 5.58 Å². The summed E-state index contributed by atoms with van der Waals surface area (Å²) in [5, 5.41) is 0.538. The van der Waals surface area contributed by atoms with E-state index in [1.165, 1.54) is 5.56 Å². The summed E-state index contributed by atoms with van der Waals surface area (Å²) in [4.78, 5) is 28.2. The Morgan fingerprint density at radius 2 is 1.68 bits per heavy atom. The van der Waals surface area contributed by atoms with Crippen molar-refractivity contribution in [1.29, 1.82) is 0 Å². The number of amides is 1. The molecule has 28 heavy (non-hydrogen) atoms. The van der Waals surface area contributed by atoms with Crippen LogP contribution >= 0.6 is 0 Å². The first-order chi connectivity index (χ1) is 13.3. The van der Waals surface area contributed by atoms with Crippen molar-refractivity contribution in [3.8, 4) is 0 Å². The van der Waals surface area contributed by atoms with Gasteiger partial charge in [0.15, 0.2) is 5.43 Å². The highest BCUT2D eigenvalue weighted by Crippen LogP contribution is 2.38. The van der Waals surface area contributed by atoms with Gasteiger partial charge < -0.3 is 9.32 Å². The van der Waals surface area contributed by atoms with E-state index in [1.54, 1.807) is 4.90 Å². The van der Waals surface area contributed by atoms with E-state index in [0.29, 0.717) is 29.0 Å². The molecule has 4 nitrogen and oxygen atoms in total. The third-order valence-electron chi connectivity index (χ3n) is 5.84. The molecule has 1 atom stereocenters. The lowest BCUT2D eigenvalue weighted by molar-refractivity contribution is 0.0738. The van der Waals surface area contributed by atoms with Crippen LogP contribution in [0.5, 0.6) is 0 Å². The maximum absolute atomic E-state index is 13.4. The van der Waals surface area contributed by atoms with E-state index >= 15 is 0 Å². The fourth-order valence-electron chi connectivity index (χ4n) is 4.01. The summed E-state index contributed by atoms with van der Waals surface area (Å²) in [6.45, 7) is 10.7. The molecule has 3 aromatic rings. The second-order valence-electron chi connectivity index (χ2n) is 7.92. The van der Waals surface area contributed by atoms with Crippen LogP contribution in [0.3, 0.4) is 0 Å². The Kier molecular flexibility index (Phi) is 4.37. The molecule has 4 heteroatoms. The lowest BCUT2D eigenvalue weighted by Gasteiger charge is -2.23. The molecule has 4 rings (SSSR count). The van der Waals surface area contributed by atoms with Crippen LogP contribution in [-0.2, 0) is 0 Å². The standard InChI is InChI=1S/C24H25NO3/c1-6-25-21(17-9-7-16(8-10-17)13(2)3)20-22(26)18-11-14(4)15(5)12-19(18)28-23(20)24(25)27/h7-13,21H,6H2,1-5H3. The van der Waals surface area contributed by atoms with Gasteiger partial charge in [0.05, 0.1) is 17.0 Å². The maximum atomic E-state index is 13.4. The Hall–Kier alpha value is -2.88. The van der Waals surface area contributed by atoms with Crippen LogP contribution in [0.4, 0.5) is 0 Å². The van der Waals surface area contributed by atoms with Gasteiger partial charge in [0.2, 0.25) is 5.76 Å². The molecule has 1 aromatic heterocycles. The number of benzene rings is 2. The van der Waals surface area contributed by atoms with Gasteiger partial charge in [0.25, 0.3) is 5.91 Å². The number of rotatable bonds is 3. The van der Waals surface area contributed by atoms with Crippen LogP contribution in [0.25, 0.3) is 11.0 Å². The molecule has 0 N–H and O–H groups in total. The molecule has 0 radical (unpaired) electrons. The summed E-state index contributed by atoms with van der Waals surface area (Å²) in [6, 6.07) is 11.5. The minimum atomic E-state index is -0.407. The molecule has 1 amide bonds. The van der Waals surface area contributed by atoms with Crippen molar-refractivity contribution in [2.45, 2.75) is 46.6 Å². The van der Waals surface area contributed by atoms with Gasteiger partial charge in [-0.3, -0.25) is 9.59 Å². The van der Waals surface area contributed by atoms with E-state index < -0.39 is 6.04 Å². The molecule has 0 aliphatic carbocycles. The number of hydrogen-bond donors (Lipinski definition) is 0. The Balaban J connectivity index is 1.97. The lowest BCUT2D eigenvalue weighted by Crippen LogP contribution is -2.29. The summed E-state index contributed by atoms with van der Waals surface area (Å²) in [5.41, 5.74) is 5.07. The normalized spacial score (nSPS) is 16.3. The molecule has 1 aliphatic heterocycles. The van der Waals surface area contributed by atoms with Crippen LogP contribution < -0.4 is 5.43 Å². The van der Waals surface area contributed by atoms with Crippen LogP contribution in [0.2, 0.25) is 0 Å². The lowest BCUT2D eigenvalue weighted by atomic mass is 9.95. The number of carbonyl (C=O) groups is 1. The van der Waals surface area contributed by atoms with Crippen molar-refractivity contribution < 1.29 is 9.21 Å². The molecule has 144 valence electrons. The summed E-state index contributed by atoms with van der Waals surface area (Å²) in [5.74, 6) is 0.391.